The van der Waals surface area contributed by atoms with Crippen LogP contribution in [-0.4, -0.2) is 43.2 Å². The van der Waals surface area contributed by atoms with E-state index in [1.165, 1.54) is 0 Å². The highest BCUT2D eigenvalue weighted by atomic mass is 15.6. The maximum atomic E-state index is 5.41. The van der Waals surface area contributed by atoms with Gasteiger partial charge in [0, 0.05) is 33.2 Å². The van der Waals surface area contributed by atoms with Crippen LogP contribution in [-0.2, 0) is 0 Å². The molecule has 10 heavy (non-hydrogen) atoms. The molecule has 0 spiro atoms. The van der Waals surface area contributed by atoms with Crippen LogP contribution in [0.4, 0.5) is 0 Å². The Bertz CT molecular complexity index is 71.3. The van der Waals surface area contributed by atoms with Crippen LogP contribution >= 0.6 is 0 Å². The first kappa shape index (κ1) is 9.88. The number of hydrogen-bond donors (Lipinski definition) is 1. The van der Waals surface area contributed by atoms with Crippen molar-refractivity contribution in [3.05, 3.63) is 0 Å². The zero-order valence-electron chi connectivity index (χ0n) is 7.30. The monoisotopic (exact) mass is 145 g/mol. The zero-order valence-corrected chi connectivity index (χ0v) is 7.30. The minimum atomic E-state index is 0.729. The summed E-state index contributed by atoms with van der Waals surface area (Å²) in [6.07, 6.45) is 0. The number of nitrogens with zero attached hydrogens (tertiary/aromatic N) is 2. The van der Waals surface area contributed by atoms with Crippen molar-refractivity contribution >= 4 is 0 Å². The molecule has 0 unspecified atom stereocenters. The van der Waals surface area contributed by atoms with Crippen molar-refractivity contribution in [1.82, 2.24) is 10.0 Å². The molecule has 62 valence electrons. The van der Waals surface area contributed by atoms with Crippen molar-refractivity contribution in [2.75, 3.05) is 33.2 Å². The lowest BCUT2D eigenvalue weighted by Crippen LogP contribution is -2.42. The quantitative estimate of drug-likeness (QED) is 0.558. The molecule has 3 nitrogen and oxygen atoms in total. The van der Waals surface area contributed by atoms with Gasteiger partial charge in [0.05, 0.1) is 0 Å². The van der Waals surface area contributed by atoms with Crippen LogP contribution in [0, 0.1) is 0 Å². The second-order valence-corrected chi connectivity index (χ2v) is 2.31. The molecule has 0 saturated heterocycles. The first-order valence-corrected chi connectivity index (χ1v) is 3.92. The van der Waals surface area contributed by atoms with E-state index in [-0.39, 0.29) is 0 Å². The average molecular weight is 145 g/mol. The van der Waals surface area contributed by atoms with E-state index in [4.69, 9.17) is 5.73 Å². The zero-order chi connectivity index (χ0) is 7.98. The Morgan fingerprint density at radius 2 is 1.70 bits per heavy atom. The highest BCUT2D eigenvalue weighted by Crippen LogP contribution is 1.91. The van der Waals surface area contributed by atoms with E-state index in [0.717, 1.165) is 26.2 Å². The fourth-order valence-electron chi connectivity index (χ4n) is 1.03. The van der Waals surface area contributed by atoms with Crippen LogP contribution in [0.5, 0.6) is 0 Å². The van der Waals surface area contributed by atoms with E-state index in [1.54, 1.807) is 0 Å². The van der Waals surface area contributed by atoms with E-state index < -0.39 is 0 Å². The molecule has 0 heterocycles. The molecule has 0 aliphatic rings. The van der Waals surface area contributed by atoms with Crippen LogP contribution in [0.2, 0.25) is 0 Å². The Balaban J connectivity index is 3.53. The molecule has 0 fully saturated rings. The van der Waals surface area contributed by atoms with Crippen LogP contribution in [0.25, 0.3) is 0 Å². The lowest BCUT2D eigenvalue weighted by atomic mass is 10.6. The topological polar surface area (TPSA) is 32.5 Å². The van der Waals surface area contributed by atoms with Gasteiger partial charge in [0.15, 0.2) is 0 Å². The molecule has 0 aromatic carbocycles. The first-order chi connectivity index (χ1) is 4.76. The van der Waals surface area contributed by atoms with E-state index in [0.29, 0.717) is 0 Å². The van der Waals surface area contributed by atoms with Crippen molar-refractivity contribution in [1.29, 1.82) is 0 Å². The number of likely N-dealkylation sites (N-methyl/N-ethyl adjacent to an activating group) is 1. The average Bonchev–Trinajstić information content (AvgIpc) is 1.91. The summed E-state index contributed by atoms with van der Waals surface area (Å²) in [7, 11) is 2.07. The summed E-state index contributed by atoms with van der Waals surface area (Å²) in [5.74, 6) is 0. The van der Waals surface area contributed by atoms with Gasteiger partial charge < -0.3 is 5.73 Å². The second-order valence-electron chi connectivity index (χ2n) is 2.31. The third kappa shape index (κ3) is 3.15. The number of nitrogens with two attached hydrogens (primary N) is 1. The summed E-state index contributed by atoms with van der Waals surface area (Å²) in [5, 5.41) is 4.42. The van der Waals surface area contributed by atoms with E-state index in [1.807, 2.05) is 0 Å². The van der Waals surface area contributed by atoms with Gasteiger partial charge in [-0.1, -0.05) is 13.8 Å². The van der Waals surface area contributed by atoms with Crippen molar-refractivity contribution in [2.24, 2.45) is 5.73 Å². The van der Waals surface area contributed by atoms with Gasteiger partial charge >= 0.3 is 0 Å². The van der Waals surface area contributed by atoms with Crippen molar-refractivity contribution < 1.29 is 0 Å². The number of hydrazine groups is 1. The summed E-state index contributed by atoms with van der Waals surface area (Å²) in [4.78, 5) is 0. The molecule has 0 amide bonds. The molecule has 0 aliphatic heterocycles. The molecule has 2 N–H and O–H groups in total. The summed E-state index contributed by atoms with van der Waals surface area (Å²) < 4.78 is 0. The Kier molecular flexibility index (Phi) is 5.58. The predicted molar refractivity (Wildman–Crippen MR) is 44.6 cm³/mol. The maximum absolute atomic E-state index is 5.41. The van der Waals surface area contributed by atoms with E-state index in [9.17, 15) is 0 Å². The molecule has 0 radical (unpaired) electrons. The second kappa shape index (κ2) is 5.65. The smallest absolute Gasteiger partial charge is 0.0253 e. The normalized spacial score (nSPS) is 11.4. The fourth-order valence-corrected chi connectivity index (χ4v) is 1.03. The third-order valence-electron chi connectivity index (χ3n) is 1.67. The van der Waals surface area contributed by atoms with Crippen LogP contribution in [0.1, 0.15) is 13.8 Å². The molecule has 0 aromatic heterocycles. The van der Waals surface area contributed by atoms with Gasteiger partial charge in [-0.2, -0.15) is 0 Å². The predicted octanol–water partition coefficient (Wildman–Crippen LogP) is 0.134. The van der Waals surface area contributed by atoms with Gasteiger partial charge in [-0.3, -0.25) is 0 Å². The molecular formula is C7H19N3. The van der Waals surface area contributed by atoms with Crippen LogP contribution in [0.3, 0.4) is 0 Å². The van der Waals surface area contributed by atoms with Gasteiger partial charge in [-0.05, 0) is 0 Å². The first-order valence-electron chi connectivity index (χ1n) is 3.92. The van der Waals surface area contributed by atoms with Crippen molar-refractivity contribution in [2.45, 2.75) is 13.8 Å². The molecule has 0 bridgehead atoms. The lowest BCUT2D eigenvalue weighted by Gasteiger charge is -2.29. The Labute approximate surface area is 63.8 Å². The number of rotatable bonds is 5. The Morgan fingerprint density at radius 3 is 2.00 bits per heavy atom. The van der Waals surface area contributed by atoms with Crippen molar-refractivity contribution in [3.63, 3.8) is 0 Å². The summed E-state index contributed by atoms with van der Waals surface area (Å²) in [6.45, 7) is 8.10. The molecule has 0 aromatic rings. The molecule has 0 atom stereocenters. The third-order valence-corrected chi connectivity index (χ3v) is 1.67. The summed E-state index contributed by atoms with van der Waals surface area (Å²) >= 11 is 0. The van der Waals surface area contributed by atoms with E-state index >= 15 is 0 Å². The highest BCUT2D eigenvalue weighted by molar-refractivity contribution is 4.49. The number of hydrogen-bond acceptors (Lipinski definition) is 3. The summed E-state index contributed by atoms with van der Waals surface area (Å²) in [5.41, 5.74) is 5.41. The van der Waals surface area contributed by atoms with Gasteiger partial charge in [0.2, 0.25) is 0 Å². The Morgan fingerprint density at radius 1 is 1.20 bits per heavy atom. The Hall–Kier alpha value is -0.120. The van der Waals surface area contributed by atoms with Crippen molar-refractivity contribution in [3.8, 4) is 0 Å². The SMILES string of the molecule is CCN(CC)N(C)CCN. The van der Waals surface area contributed by atoms with Gasteiger partial charge in [0.1, 0.15) is 0 Å². The van der Waals surface area contributed by atoms with Crippen LogP contribution < -0.4 is 5.73 Å². The largest absolute Gasteiger partial charge is 0.329 e. The molecular weight excluding hydrogens is 126 g/mol. The molecule has 3 heteroatoms. The molecule has 0 rings (SSSR count). The summed E-state index contributed by atoms with van der Waals surface area (Å²) in [6, 6.07) is 0. The minimum Gasteiger partial charge on any atom is -0.329 e. The standard InChI is InChI=1S/C7H19N3/c1-4-10(5-2)9(3)7-6-8/h4-8H2,1-3H3. The minimum absolute atomic E-state index is 0.729. The molecule has 0 saturated carbocycles. The van der Waals surface area contributed by atoms with Gasteiger partial charge in [-0.15, -0.1) is 0 Å². The molecule has 0 aliphatic carbocycles. The maximum Gasteiger partial charge on any atom is 0.0253 e. The highest BCUT2D eigenvalue weighted by Gasteiger charge is 2.03. The van der Waals surface area contributed by atoms with Gasteiger partial charge in [0.25, 0.3) is 0 Å². The lowest BCUT2D eigenvalue weighted by molar-refractivity contribution is 0.0130. The van der Waals surface area contributed by atoms with E-state index in [2.05, 4.69) is 30.9 Å². The van der Waals surface area contributed by atoms with Gasteiger partial charge in [-0.25, -0.2) is 10.0 Å². The van der Waals surface area contributed by atoms with Crippen LogP contribution in [0.15, 0.2) is 0 Å². The fraction of sp³-hybridized carbons (Fsp3) is 1.00.